The zero-order valence-electron chi connectivity index (χ0n) is 16.0. The van der Waals surface area contributed by atoms with E-state index < -0.39 is 0 Å². The van der Waals surface area contributed by atoms with Crippen molar-refractivity contribution in [1.82, 2.24) is 15.3 Å². The van der Waals surface area contributed by atoms with Crippen molar-refractivity contribution in [3.63, 3.8) is 0 Å². The molecule has 27 heavy (non-hydrogen) atoms. The molecule has 0 fully saturated rings. The van der Waals surface area contributed by atoms with Crippen LogP contribution >= 0.6 is 0 Å². The predicted octanol–water partition coefficient (Wildman–Crippen LogP) is 3.91. The SMILES string of the molecule is CN(C)c1ccc(Nc2cnc(C(=O)NCCC3=CCCCC3)cn2)cc1. The number of amides is 1. The maximum atomic E-state index is 12.2. The van der Waals surface area contributed by atoms with Crippen molar-refractivity contribution in [3.8, 4) is 0 Å². The highest BCUT2D eigenvalue weighted by Crippen LogP contribution is 2.20. The lowest BCUT2D eigenvalue weighted by molar-refractivity contribution is 0.0948. The van der Waals surface area contributed by atoms with E-state index in [1.165, 1.54) is 31.0 Å². The molecule has 1 aromatic heterocycles. The second-order valence-corrected chi connectivity index (χ2v) is 6.97. The Balaban J connectivity index is 1.50. The van der Waals surface area contributed by atoms with Crippen LogP contribution in [0.15, 0.2) is 48.3 Å². The fourth-order valence-corrected chi connectivity index (χ4v) is 3.06. The molecule has 0 radical (unpaired) electrons. The van der Waals surface area contributed by atoms with Crippen LogP contribution in [0.25, 0.3) is 0 Å². The van der Waals surface area contributed by atoms with Gasteiger partial charge in [0.2, 0.25) is 0 Å². The molecule has 0 unspecified atom stereocenters. The zero-order chi connectivity index (χ0) is 19.1. The second kappa shape index (κ2) is 9.16. The Morgan fingerprint density at radius 1 is 1.11 bits per heavy atom. The first kappa shape index (κ1) is 18.9. The molecule has 0 aliphatic heterocycles. The van der Waals surface area contributed by atoms with Gasteiger partial charge in [-0.2, -0.15) is 0 Å². The highest BCUT2D eigenvalue weighted by Gasteiger charge is 2.09. The first-order valence-corrected chi connectivity index (χ1v) is 9.44. The number of allylic oxidation sites excluding steroid dienone is 1. The van der Waals surface area contributed by atoms with E-state index in [9.17, 15) is 4.79 Å². The smallest absolute Gasteiger partial charge is 0.271 e. The van der Waals surface area contributed by atoms with Crippen molar-refractivity contribution in [2.45, 2.75) is 32.1 Å². The molecule has 2 N–H and O–H groups in total. The zero-order valence-corrected chi connectivity index (χ0v) is 16.0. The van der Waals surface area contributed by atoms with Gasteiger partial charge in [-0.3, -0.25) is 4.79 Å². The molecule has 1 amide bonds. The van der Waals surface area contributed by atoms with Gasteiger partial charge in [0.1, 0.15) is 11.5 Å². The second-order valence-electron chi connectivity index (χ2n) is 6.97. The molecule has 1 aliphatic carbocycles. The third kappa shape index (κ3) is 5.54. The van der Waals surface area contributed by atoms with Gasteiger partial charge in [-0.05, 0) is 56.4 Å². The third-order valence-electron chi connectivity index (χ3n) is 4.66. The van der Waals surface area contributed by atoms with E-state index in [-0.39, 0.29) is 5.91 Å². The fourth-order valence-electron chi connectivity index (χ4n) is 3.06. The Labute approximate surface area is 160 Å². The highest BCUT2D eigenvalue weighted by molar-refractivity contribution is 5.92. The monoisotopic (exact) mass is 365 g/mol. The van der Waals surface area contributed by atoms with E-state index >= 15 is 0 Å². The van der Waals surface area contributed by atoms with Gasteiger partial charge < -0.3 is 15.5 Å². The van der Waals surface area contributed by atoms with Gasteiger partial charge in [-0.1, -0.05) is 11.6 Å². The van der Waals surface area contributed by atoms with Crippen molar-refractivity contribution >= 4 is 23.1 Å². The molecule has 1 heterocycles. The fraction of sp³-hybridized carbons (Fsp3) is 0.381. The van der Waals surface area contributed by atoms with Gasteiger partial charge in [0.05, 0.1) is 12.4 Å². The van der Waals surface area contributed by atoms with E-state index in [1.807, 2.05) is 43.3 Å². The van der Waals surface area contributed by atoms with Crippen LogP contribution in [0.3, 0.4) is 0 Å². The molecule has 1 aliphatic rings. The summed E-state index contributed by atoms with van der Waals surface area (Å²) in [5.74, 6) is 0.428. The largest absolute Gasteiger partial charge is 0.378 e. The highest BCUT2D eigenvalue weighted by atomic mass is 16.1. The summed E-state index contributed by atoms with van der Waals surface area (Å²) in [4.78, 5) is 22.8. The Morgan fingerprint density at radius 2 is 1.93 bits per heavy atom. The van der Waals surface area contributed by atoms with Crippen LogP contribution in [-0.2, 0) is 0 Å². The molecule has 1 aromatic carbocycles. The average molecular weight is 365 g/mol. The van der Waals surface area contributed by atoms with Crippen LogP contribution < -0.4 is 15.5 Å². The van der Waals surface area contributed by atoms with Gasteiger partial charge in [-0.15, -0.1) is 0 Å². The number of rotatable bonds is 7. The Hall–Kier alpha value is -2.89. The Kier molecular flexibility index (Phi) is 6.41. The van der Waals surface area contributed by atoms with Crippen molar-refractivity contribution in [2.75, 3.05) is 30.9 Å². The molecule has 0 spiro atoms. The average Bonchev–Trinajstić information content (AvgIpc) is 2.70. The number of carbonyl (C=O) groups is 1. The molecule has 6 nitrogen and oxygen atoms in total. The topological polar surface area (TPSA) is 70.2 Å². The first-order valence-electron chi connectivity index (χ1n) is 9.44. The lowest BCUT2D eigenvalue weighted by Crippen LogP contribution is -2.26. The lowest BCUT2D eigenvalue weighted by Gasteiger charge is -2.13. The molecular formula is C21H27N5O. The number of aromatic nitrogens is 2. The summed E-state index contributed by atoms with van der Waals surface area (Å²) in [6, 6.07) is 8.02. The molecular weight excluding hydrogens is 338 g/mol. The van der Waals surface area contributed by atoms with Crippen LogP contribution in [0.4, 0.5) is 17.2 Å². The summed E-state index contributed by atoms with van der Waals surface area (Å²) >= 11 is 0. The van der Waals surface area contributed by atoms with Crippen LogP contribution in [0.1, 0.15) is 42.6 Å². The summed E-state index contributed by atoms with van der Waals surface area (Å²) < 4.78 is 0. The normalized spacial score (nSPS) is 13.6. The van der Waals surface area contributed by atoms with Gasteiger partial charge in [-0.25, -0.2) is 9.97 Å². The van der Waals surface area contributed by atoms with Crippen LogP contribution in [0.2, 0.25) is 0 Å². The van der Waals surface area contributed by atoms with Gasteiger partial charge >= 0.3 is 0 Å². The number of hydrogen-bond acceptors (Lipinski definition) is 5. The molecule has 142 valence electrons. The van der Waals surface area contributed by atoms with Crippen molar-refractivity contribution in [1.29, 1.82) is 0 Å². The summed E-state index contributed by atoms with van der Waals surface area (Å²) in [5, 5.41) is 6.12. The van der Waals surface area contributed by atoms with Crippen molar-refractivity contribution < 1.29 is 4.79 Å². The van der Waals surface area contributed by atoms with Crippen LogP contribution in [-0.4, -0.2) is 36.5 Å². The summed E-state index contributed by atoms with van der Waals surface area (Å²) in [5.41, 5.74) is 3.84. The minimum Gasteiger partial charge on any atom is -0.378 e. The Morgan fingerprint density at radius 3 is 2.56 bits per heavy atom. The molecule has 0 saturated carbocycles. The lowest BCUT2D eigenvalue weighted by atomic mass is 9.97. The summed E-state index contributed by atoms with van der Waals surface area (Å²) in [6.07, 6.45) is 11.2. The third-order valence-corrected chi connectivity index (χ3v) is 4.66. The number of carbonyl (C=O) groups excluding carboxylic acids is 1. The minimum atomic E-state index is -0.180. The first-order chi connectivity index (χ1) is 13.1. The number of nitrogens with zero attached hydrogens (tertiary/aromatic N) is 3. The maximum Gasteiger partial charge on any atom is 0.271 e. The predicted molar refractivity (Wildman–Crippen MR) is 110 cm³/mol. The van der Waals surface area contributed by atoms with E-state index in [0.717, 1.165) is 24.2 Å². The Bertz CT molecular complexity index is 781. The van der Waals surface area contributed by atoms with E-state index in [0.29, 0.717) is 18.1 Å². The number of nitrogens with one attached hydrogen (secondary N) is 2. The number of hydrogen-bond donors (Lipinski definition) is 2. The number of anilines is 3. The molecule has 2 aromatic rings. The molecule has 0 bridgehead atoms. The van der Waals surface area contributed by atoms with E-state index in [1.54, 1.807) is 6.20 Å². The summed E-state index contributed by atoms with van der Waals surface area (Å²) in [7, 11) is 4.01. The van der Waals surface area contributed by atoms with Crippen molar-refractivity contribution in [2.24, 2.45) is 0 Å². The van der Waals surface area contributed by atoms with Crippen LogP contribution in [0.5, 0.6) is 0 Å². The van der Waals surface area contributed by atoms with Gasteiger partial charge in [0.25, 0.3) is 5.91 Å². The van der Waals surface area contributed by atoms with Crippen LogP contribution in [0, 0.1) is 0 Å². The van der Waals surface area contributed by atoms with Crippen molar-refractivity contribution in [3.05, 3.63) is 54.0 Å². The standard InChI is InChI=1S/C21H27N5O/c1-26(2)18-10-8-17(9-11-18)25-20-15-23-19(14-24-20)21(27)22-13-12-16-6-4-3-5-7-16/h6,8-11,14-15H,3-5,7,12-13H2,1-2H3,(H,22,27)(H,24,25). The summed E-state index contributed by atoms with van der Waals surface area (Å²) in [6.45, 7) is 0.643. The van der Waals surface area contributed by atoms with E-state index in [2.05, 4.69) is 26.7 Å². The molecule has 0 atom stereocenters. The van der Waals surface area contributed by atoms with Gasteiger partial charge in [0.15, 0.2) is 0 Å². The maximum absolute atomic E-state index is 12.2. The molecule has 3 rings (SSSR count). The minimum absolute atomic E-state index is 0.180. The van der Waals surface area contributed by atoms with E-state index in [4.69, 9.17) is 0 Å². The number of benzene rings is 1. The molecule has 0 saturated heterocycles. The molecule has 6 heteroatoms. The van der Waals surface area contributed by atoms with Gasteiger partial charge in [0, 0.05) is 32.0 Å². The quantitative estimate of drug-likeness (QED) is 0.728.